The molecule has 0 aromatic carbocycles. The molecule has 1 unspecified atom stereocenters. The van der Waals surface area contributed by atoms with Crippen LogP contribution in [0.15, 0.2) is 0 Å². The molecule has 0 aliphatic rings. The summed E-state index contributed by atoms with van der Waals surface area (Å²) >= 11 is 0. The maximum atomic E-state index is 11.4. The molecule has 0 amide bonds. The smallest absolute Gasteiger partial charge is 0.323 e. The van der Waals surface area contributed by atoms with Gasteiger partial charge in [0, 0.05) is 12.9 Å². The third-order valence-corrected chi connectivity index (χ3v) is 3.00. The fourth-order valence-corrected chi connectivity index (χ4v) is 1.77. The van der Waals surface area contributed by atoms with Gasteiger partial charge in [0.05, 0.1) is 12.4 Å². The molecule has 1 atom stereocenters. The minimum Gasteiger partial charge on any atom is -0.462 e. The van der Waals surface area contributed by atoms with Crippen molar-refractivity contribution in [3.05, 3.63) is 0 Å². The predicted molar refractivity (Wildman–Crippen MR) is 68.9 cm³/mol. The average Bonchev–Trinajstić information content (AvgIpc) is 2.23. The predicted octanol–water partition coefficient (Wildman–Crippen LogP) is -0.0358. The molecular formula is C11H23NO5S. The van der Waals surface area contributed by atoms with Gasteiger partial charge in [-0.25, -0.2) is 8.42 Å². The van der Waals surface area contributed by atoms with Crippen LogP contribution in [0.3, 0.4) is 0 Å². The van der Waals surface area contributed by atoms with Crippen LogP contribution in [-0.4, -0.2) is 52.3 Å². The SMILES string of the molecule is CC(C)COCCOC(=O)C(N)CCS(C)(=O)=O. The third kappa shape index (κ3) is 10.5. The van der Waals surface area contributed by atoms with E-state index in [9.17, 15) is 13.2 Å². The van der Waals surface area contributed by atoms with Crippen LogP contribution in [-0.2, 0) is 24.1 Å². The molecule has 0 bridgehead atoms. The zero-order valence-electron chi connectivity index (χ0n) is 11.2. The highest BCUT2D eigenvalue weighted by atomic mass is 32.2. The molecule has 7 heteroatoms. The second kappa shape index (κ2) is 8.44. The second-order valence-corrected chi connectivity index (χ2v) is 6.92. The first-order chi connectivity index (χ1) is 8.22. The van der Waals surface area contributed by atoms with Crippen molar-refractivity contribution in [2.45, 2.75) is 26.3 Å². The van der Waals surface area contributed by atoms with Crippen LogP contribution < -0.4 is 5.73 Å². The molecule has 0 saturated heterocycles. The average molecular weight is 281 g/mol. The molecule has 0 aromatic rings. The number of carbonyl (C=O) groups is 1. The van der Waals surface area contributed by atoms with Gasteiger partial charge in [0.2, 0.25) is 0 Å². The summed E-state index contributed by atoms with van der Waals surface area (Å²) in [4.78, 5) is 11.4. The normalized spacial score (nSPS) is 13.6. The number of hydrogen-bond donors (Lipinski definition) is 1. The molecule has 0 aromatic heterocycles. The number of sulfone groups is 1. The van der Waals surface area contributed by atoms with Crippen molar-refractivity contribution in [3.63, 3.8) is 0 Å². The summed E-state index contributed by atoms with van der Waals surface area (Å²) in [5.74, 6) is -0.280. The van der Waals surface area contributed by atoms with E-state index in [1.165, 1.54) is 0 Å². The molecule has 0 rings (SSSR count). The quantitative estimate of drug-likeness (QED) is 0.471. The van der Waals surface area contributed by atoms with Crippen LogP contribution in [0.5, 0.6) is 0 Å². The van der Waals surface area contributed by atoms with Crippen LogP contribution in [0.4, 0.5) is 0 Å². The highest BCUT2D eigenvalue weighted by Crippen LogP contribution is 1.97. The van der Waals surface area contributed by atoms with Crippen LogP contribution in [0, 0.1) is 5.92 Å². The molecule has 2 N–H and O–H groups in total. The van der Waals surface area contributed by atoms with E-state index in [2.05, 4.69) is 0 Å². The summed E-state index contributed by atoms with van der Waals surface area (Å²) in [6.07, 6.45) is 1.18. The maximum absolute atomic E-state index is 11.4. The second-order valence-electron chi connectivity index (χ2n) is 4.66. The van der Waals surface area contributed by atoms with E-state index in [4.69, 9.17) is 15.2 Å². The number of ether oxygens (including phenoxy) is 2. The fourth-order valence-electron chi connectivity index (χ4n) is 1.09. The van der Waals surface area contributed by atoms with E-state index in [-0.39, 0.29) is 18.8 Å². The van der Waals surface area contributed by atoms with Gasteiger partial charge in [-0.3, -0.25) is 4.79 Å². The summed E-state index contributed by atoms with van der Waals surface area (Å²) in [6.45, 7) is 5.11. The minimum absolute atomic E-state index is 0.0739. The lowest BCUT2D eigenvalue weighted by Gasteiger charge is -2.11. The molecular weight excluding hydrogens is 258 g/mol. The Kier molecular flexibility index (Phi) is 8.13. The maximum Gasteiger partial charge on any atom is 0.323 e. The van der Waals surface area contributed by atoms with Gasteiger partial charge in [0.1, 0.15) is 22.5 Å². The Labute approximate surface area is 109 Å². The Bertz CT molecular complexity index is 339. The van der Waals surface area contributed by atoms with Crippen molar-refractivity contribution in [2.75, 3.05) is 31.8 Å². The summed E-state index contributed by atoms with van der Waals surface area (Å²) in [5, 5.41) is 0. The molecule has 0 fully saturated rings. The molecule has 18 heavy (non-hydrogen) atoms. The Morgan fingerprint density at radius 1 is 1.28 bits per heavy atom. The van der Waals surface area contributed by atoms with Gasteiger partial charge < -0.3 is 15.2 Å². The third-order valence-electron chi connectivity index (χ3n) is 2.03. The van der Waals surface area contributed by atoms with Gasteiger partial charge in [-0.15, -0.1) is 0 Å². The Morgan fingerprint density at radius 2 is 1.89 bits per heavy atom. The van der Waals surface area contributed by atoms with Gasteiger partial charge in [-0.05, 0) is 12.3 Å². The van der Waals surface area contributed by atoms with Crippen LogP contribution in [0.1, 0.15) is 20.3 Å². The molecule has 108 valence electrons. The van der Waals surface area contributed by atoms with Crippen molar-refractivity contribution in [2.24, 2.45) is 11.7 Å². The van der Waals surface area contributed by atoms with Crippen molar-refractivity contribution in [1.29, 1.82) is 0 Å². The summed E-state index contributed by atoms with van der Waals surface area (Å²) in [7, 11) is -3.10. The van der Waals surface area contributed by atoms with Gasteiger partial charge in [-0.1, -0.05) is 13.8 Å². The molecule has 0 aliphatic carbocycles. The van der Waals surface area contributed by atoms with E-state index in [0.29, 0.717) is 19.1 Å². The molecule has 6 nitrogen and oxygen atoms in total. The Hall–Kier alpha value is -0.660. The van der Waals surface area contributed by atoms with E-state index < -0.39 is 21.8 Å². The first kappa shape index (κ1) is 17.3. The molecule has 0 heterocycles. The lowest BCUT2D eigenvalue weighted by molar-refractivity contribution is -0.146. The first-order valence-corrected chi connectivity index (χ1v) is 7.96. The van der Waals surface area contributed by atoms with Crippen LogP contribution >= 0.6 is 0 Å². The number of esters is 1. The van der Waals surface area contributed by atoms with E-state index in [1.807, 2.05) is 13.8 Å². The van der Waals surface area contributed by atoms with Crippen molar-refractivity contribution in [3.8, 4) is 0 Å². The Balaban J connectivity index is 3.69. The largest absolute Gasteiger partial charge is 0.462 e. The summed E-state index contributed by atoms with van der Waals surface area (Å²) in [6, 6.07) is -0.898. The van der Waals surface area contributed by atoms with Gasteiger partial charge in [-0.2, -0.15) is 0 Å². The standard InChI is InChI=1S/C11H23NO5S/c1-9(2)8-16-5-6-17-11(13)10(12)4-7-18(3,14)15/h9-10H,4-8,12H2,1-3H3. The summed E-state index contributed by atoms with van der Waals surface area (Å²) in [5.41, 5.74) is 5.51. The van der Waals surface area contributed by atoms with Crippen LogP contribution in [0.25, 0.3) is 0 Å². The fraction of sp³-hybridized carbons (Fsp3) is 0.909. The van der Waals surface area contributed by atoms with Gasteiger partial charge >= 0.3 is 5.97 Å². The van der Waals surface area contributed by atoms with E-state index >= 15 is 0 Å². The zero-order chi connectivity index (χ0) is 14.2. The van der Waals surface area contributed by atoms with E-state index in [0.717, 1.165) is 6.26 Å². The van der Waals surface area contributed by atoms with Crippen molar-refractivity contribution < 1.29 is 22.7 Å². The van der Waals surface area contributed by atoms with Crippen molar-refractivity contribution >= 4 is 15.8 Å². The number of nitrogens with two attached hydrogens (primary N) is 1. The molecule has 0 spiro atoms. The lowest BCUT2D eigenvalue weighted by atomic mass is 10.2. The van der Waals surface area contributed by atoms with Gasteiger partial charge in [0.25, 0.3) is 0 Å². The zero-order valence-corrected chi connectivity index (χ0v) is 12.0. The number of rotatable bonds is 9. The monoisotopic (exact) mass is 281 g/mol. The highest BCUT2D eigenvalue weighted by Gasteiger charge is 2.17. The topological polar surface area (TPSA) is 95.7 Å². The molecule has 0 saturated carbocycles. The highest BCUT2D eigenvalue weighted by molar-refractivity contribution is 7.90. The molecule has 0 radical (unpaired) electrons. The van der Waals surface area contributed by atoms with Crippen molar-refractivity contribution in [1.82, 2.24) is 0 Å². The lowest BCUT2D eigenvalue weighted by Crippen LogP contribution is -2.34. The first-order valence-electron chi connectivity index (χ1n) is 5.90. The molecule has 0 aliphatic heterocycles. The Morgan fingerprint density at radius 3 is 2.39 bits per heavy atom. The van der Waals surface area contributed by atoms with Gasteiger partial charge in [0.15, 0.2) is 0 Å². The van der Waals surface area contributed by atoms with Crippen LogP contribution in [0.2, 0.25) is 0 Å². The van der Waals surface area contributed by atoms with E-state index in [1.54, 1.807) is 0 Å². The summed E-state index contributed by atoms with van der Waals surface area (Å²) < 4.78 is 31.9. The number of carbonyl (C=O) groups excluding carboxylic acids is 1. The minimum atomic E-state index is -3.10. The number of hydrogen-bond acceptors (Lipinski definition) is 6.